The van der Waals surface area contributed by atoms with Gasteiger partial charge in [-0.25, -0.2) is 0 Å². The van der Waals surface area contributed by atoms with E-state index in [1.807, 2.05) is 48.5 Å². The van der Waals surface area contributed by atoms with Crippen molar-refractivity contribution in [2.45, 2.75) is 110 Å². The Labute approximate surface area is 224 Å². The van der Waals surface area contributed by atoms with Gasteiger partial charge in [0.05, 0.1) is 17.0 Å². The number of hydrogen-bond donors (Lipinski definition) is 1. The molecular weight excluding hydrogens is 456 g/mol. The second kappa shape index (κ2) is 16.8. The second-order valence-corrected chi connectivity index (χ2v) is 10.3. The topological polar surface area (TPSA) is 52.9 Å². The minimum atomic E-state index is -0.0877. The van der Waals surface area contributed by atoms with Gasteiger partial charge in [-0.15, -0.1) is 0 Å². The molecule has 0 radical (unpaired) electrons. The third kappa shape index (κ3) is 10.2. The molecule has 3 rings (SSSR count). The standard InChI is InChI=1S/C33H46N2O2/c1-2-3-4-5-6-7-8-9-10-11-12-13-14-15-19-22-32-31(27-28-23-25-30(36)26-24-28)33(37)35(34-32)29-20-17-16-18-21-29/h16-18,20-21,23-27,36H,2-15,19,22H2,1H3. The summed E-state index contributed by atoms with van der Waals surface area (Å²) in [4.78, 5) is 13.2. The Bertz CT molecular complexity index is 979. The molecule has 1 amide bonds. The Hall–Kier alpha value is -2.88. The van der Waals surface area contributed by atoms with Crippen molar-refractivity contribution in [3.8, 4) is 5.75 Å². The van der Waals surface area contributed by atoms with Gasteiger partial charge in [0.15, 0.2) is 0 Å². The Morgan fingerprint density at radius 1 is 0.703 bits per heavy atom. The van der Waals surface area contributed by atoms with Gasteiger partial charge in [-0.05, 0) is 48.7 Å². The van der Waals surface area contributed by atoms with Crippen LogP contribution in [0.3, 0.4) is 0 Å². The molecule has 1 aliphatic heterocycles. The number of amides is 1. The van der Waals surface area contributed by atoms with Crippen LogP contribution in [0.5, 0.6) is 5.75 Å². The lowest BCUT2D eigenvalue weighted by Gasteiger charge is -2.10. The number of anilines is 1. The molecule has 4 nitrogen and oxygen atoms in total. The van der Waals surface area contributed by atoms with Gasteiger partial charge in [-0.1, -0.05) is 127 Å². The Morgan fingerprint density at radius 2 is 1.22 bits per heavy atom. The first-order valence-corrected chi connectivity index (χ1v) is 14.7. The summed E-state index contributed by atoms with van der Waals surface area (Å²) < 4.78 is 0. The molecule has 0 saturated heterocycles. The molecule has 2 aromatic rings. The molecule has 1 N–H and O–H groups in total. The van der Waals surface area contributed by atoms with E-state index in [9.17, 15) is 9.90 Å². The zero-order valence-electron chi connectivity index (χ0n) is 22.8. The molecular formula is C33H46N2O2. The van der Waals surface area contributed by atoms with Gasteiger partial charge in [-0.3, -0.25) is 4.79 Å². The monoisotopic (exact) mass is 502 g/mol. The van der Waals surface area contributed by atoms with Crippen LogP contribution in [-0.2, 0) is 4.79 Å². The van der Waals surface area contributed by atoms with Crippen LogP contribution in [0.1, 0.15) is 115 Å². The number of rotatable bonds is 18. The Morgan fingerprint density at radius 3 is 1.76 bits per heavy atom. The molecule has 0 fully saturated rings. The lowest BCUT2D eigenvalue weighted by Crippen LogP contribution is -2.21. The van der Waals surface area contributed by atoms with Crippen molar-refractivity contribution in [2.24, 2.45) is 5.10 Å². The number of para-hydroxylation sites is 1. The number of hydrogen-bond acceptors (Lipinski definition) is 3. The lowest BCUT2D eigenvalue weighted by atomic mass is 10.00. The van der Waals surface area contributed by atoms with Gasteiger partial charge in [0, 0.05) is 0 Å². The molecule has 0 spiro atoms. The maximum atomic E-state index is 13.2. The van der Waals surface area contributed by atoms with E-state index in [1.54, 1.807) is 12.1 Å². The average molecular weight is 503 g/mol. The predicted molar refractivity (Wildman–Crippen MR) is 157 cm³/mol. The predicted octanol–water partition coefficient (Wildman–Crippen LogP) is 9.44. The van der Waals surface area contributed by atoms with E-state index < -0.39 is 0 Å². The van der Waals surface area contributed by atoms with Crippen LogP contribution in [0.15, 0.2) is 65.3 Å². The van der Waals surface area contributed by atoms with Crippen LogP contribution >= 0.6 is 0 Å². The molecule has 4 heteroatoms. The molecule has 2 aromatic carbocycles. The number of benzene rings is 2. The molecule has 0 unspecified atom stereocenters. The highest BCUT2D eigenvalue weighted by molar-refractivity contribution is 6.32. The van der Waals surface area contributed by atoms with E-state index in [2.05, 4.69) is 6.92 Å². The van der Waals surface area contributed by atoms with Crippen molar-refractivity contribution in [3.63, 3.8) is 0 Å². The second-order valence-electron chi connectivity index (χ2n) is 10.3. The zero-order valence-corrected chi connectivity index (χ0v) is 22.8. The van der Waals surface area contributed by atoms with E-state index in [0.29, 0.717) is 5.57 Å². The van der Waals surface area contributed by atoms with Crippen LogP contribution in [0.2, 0.25) is 0 Å². The molecule has 0 atom stereocenters. The van der Waals surface area contributed by atoms with Crippen LogP contribution in [-0.4, -0.2) is 16.7 Å². The van der Waals surface area contributed by atoms with Crippen molar-refractivity contribution >= 4 is 23.4 Å². The van der Waals surface area contributed by atoms with E-state index >= 15 is 0 Å². The fraction of sp³-hybridized carbons (Fsp3) is 0.515. The summed E-state index contributed by atoms with van der Waals surface area (Å²) in [5, 5.41) is 15.8. The minimum Gasteiger partial charge on any atom is -0.508 e. The summed E-state index contributed by atoms with van der Waals surface area (Å²) in [7, 11) is 0. The largest absolute Gasteiger partial charge is 0.508 e. The maximum Gasteiger partial charge on any atom is 0.280 e. The third-order valence-corrected chi connectivity index (χ3v) is 7.18. The van der Waals surface area contributed by atoms with Crippen LogP contribution in [0.25, 0.3) is 6.08 Å². The fourth-order valence-electron chi connectivity index (χ4n) is 4.93. The molecule has 0 bridgehead atoms. The van der Waals surface area contributed by atoms with Crippen molar-refractivity contribution in [2.75, 3.05) is 5.01 Å². The van der Waals surface area contributed by atoms with Crippen molar-refractivity contribution < 1.29 is 9.90 Å². The lowest BCUT2D eigenvalue weighted by molar-refractivity contribution is -0.114. The molecule has 0 aromatic heterocycles. The fourth-order valence-corrected chi connectivity index (χ4v) is 4.93. The molecule has 37 heavy (non-hydrogen) atoms. The summed E-state index contributed by atoms with van der Waals surface area (Å²) in [5.74, 6) is 0.132. The van der Waals surface area contributed by atoms with Gasteiger partial charge in [0.1, 0.15) is 5.75 Å². The first-order chi connectivity index (χ1) is 18.2. The SMILES string of the molecule is CCCCCCCCCCCCCCCCCC1=NN(c2ccccc2)C(=O)C1=Cc1ccc(O)cc1. The number of hydrazone groups is 1. The molecule has 200 valence electrons. The van der Waals surface area contributed by atoms with Gasteiger partial charge in [0.25, 0.3) is 5.91 Å². The quantitative estimate of drug-likeness (QED) is 0.163. The van der Waals surface area contributed by atoms with Gasteiger partial charge >= 0.3 is 0 Å². The smallest absolute Gasteiger partial charge is 0.280 e. The third-order valence-electron chi connectivity index (χ3n) is 7.18. The van der Waals surface area contributed by atoms with E-state index in [1.165, 1.54) is 94.9 Å². The van der Waals surface area contributed by atoms with Crippen LogP contribution < -0.4 is 5.01 Å². The number of phenolic OH excluding ortho intramolecular Hbond substituents is 1. The number of phenols is 1. The first-order valence-electron chi connectivity index (χ1n) is 14.7. The van der Waals surface area contributed by atoms with E-state index in [0.717, 1.165) is 29.8 Å². The Balaban J connectivity index is 1.38. The van der Waals surface area contributed by atoms with Gasteiger partial charge < -0.3 is 5.11 Å². The maximum absolute atomic E-state index is 13.2. The number of aromatic hydroxyl groups is 1. The Kier molecular flexibility index (Phi) is 13.0. The summed E-state index contributed by atoms with van der Waals surface area (Å²) in [6, 6.07) is 16.6. The molecule has 1 heterocycles. The van der Waals surface area contributed by atoms with Crippen LogP contribution in [0.4, 0.5) is 5.69 Å². The van der Waals surface area contributed by atoms with Crippen LogP contribution in [0, 0.1) is 0 Å². The highest BCUT2D eigenvalue weighted by Crippen LogP contribution is 2.27. The summed E-state index contributed by atoms with van der Waals surface area (Å²) in [6.07, 6.45) is 22.8. The number of unbranched alkanes of at least 4 members (excludes halogenated alkanes) is 14. The summed E-state index contributed by atoms with van der Waals surface area (Å²) in [6.45, 7) is 2.28. The molecule has 1 aliphatic rings. The van der Waals surface area contributed by atoms with Gasteiger partial charge in [-0.2, -0.15) is 10.1 Å². The van der Waals surface area contributed by atoms with E-state index in [-0.39, 0.29) is 11.7 Å². The molecule has 0 aliphatic carbocycles. The van der Waals surface area contributed by atoms with E-state index in [4.69, 9.17) is 5.10 Å². The number of carbonyl (C=O) groups excluding carboxylic acids is 1. The minimum absolute atomic E-state index is 0.0877. The van der Waals surface area contributed by atoms with Crippen molar-refractivity contribution in [3.05, 3.63) is 65.7 Å². The molecule has 0 saturated carbocycles. The number of nitrogens with zero attached hydrogens (tertiary/aromatic N) is 2. The highest BCUT2D eigenvalue weighted by atomic mass is 16.3. The summed E-state index contributed by atoms with van der Waals surface area (Å²) >= 11 is 0. The number of carbonyl (C=O) groups is 1. The average Bonchev–Trinajstić information content (AvgIpc) is 3.23. The summed E-state index contributed by atoms with van der Waals surface area (Å²) in [5.41, 5.74) is 3.19. The first kappa shape index (κ1) is 28.7. The van der Waals surface area contributed by atoms with Crippen molar-refractivity contribution in [1.29, 1.82) is 0 Å². The van der Waals surface area contributed by atoms with Crippen molar-refractivity contribution in [1.82, 2.24) is 0 Å². The normalized spacial score (nSPS) is 14.5. The van der Waals surface area contributed by atoms with Gasteiger partial charge in [0.2, 0.25) is 0 Å². The zero-order chi connectivity index (χ0) is 26.1. The highest BCUT2D eigenvalue weighted by Gasteiger charge is 2.30.